The van der Waals surface area contributed by atoms with Crippen LogP contribution in [0.2, 0.25) is 0 Å². The third kappa shape index (κ3) is 3.41. The highest BCUT2D eigenvalue weighted by molar-refractivity contribution is 7.89. The Morgan fingerprint density at radius 1 is 1.55 bits per heavy atom. The lowest BCUT2D eigenvalue weighted by atomic mass is 10.1. The first-order valence-electron chi connectivity index (χ1n) is 6.97. The fraction of sp³-hybridized carbons (Fsp3) is 0.692. The lowest BCUT2D eigenvalue weighted by molar-refractivity contribution is 0.342. The predicted octanol–water partition coefficient (Wildman–Crippen LogP) is 0.667. The number of nitrogens with two attached hydrogens (primary N) is 1. The standard InChI is InChI=1S/C13H23N3O3S/c1-3-16-5-4-11(9-16)8-15-20(17,18)13-6-12(7-14)19-10(13)2/h6,11,15H,3-5,7-9,14H2,1-2H3. The Labute approximate surface area is 120 Å². The van der Waals surface area contributed by atoms with Crippen molar-refractivity contribution in [2.45, 2.75) is 31.7 Å². The van der Waals surface area contributed by atoms with Gasteiger partial charge in [0.1, 0.15) is 16.4 Å². The van der Waals surface area contributed by atoms with E-state index in [4.69, 9.17) is 10.2 Å². The van der Waals surface area contributed by atoms with Crippen molar-refractivity contribution in [3.63, 3.8) is 0 Å². The zero-order chi connectivity index (χ0) is 14.8. The van der Waals surface area contributed by atoms with E-state index in [1.54, 1.807) is 6.92 Å². The molecule has 2 rings (SSSR count). The Bertz CT molecular complexity index is 553. The van der Waals surface area contributed by atoms with Gasteiger partial charge in [0.05, 0.1) is 6.54 Å². The number of nitrogens with zero attached hydrogens (tertiary/aromatic N) is 1. The van der Waals surface area contributed by atoms with Crippen LogP contribution in [0, 0.1) is 12.8 Å². The molecule has 114 valence electrons. The monoisotopic (exact) mass is 301 g/mol. The minimum absolute atomic E-state index is 0.197. The summed E-state index contributed by atoms with van der Waals surface area (Å²) in [5.74, 6) is 1.26. The molecule has 1 aliphatic rings. The van der Waals surface area contributed by atoms with Crippen molar-refractivity contribution < 1.29 is 12.8 Å². The van der Waals surface area contributed by atoms with E-state index in [9.17, 15) is 8.42 Å². The number of hydrogen-bond acceptors (Lipinski definition) is 5. The Morgan fingerprint density at radius 2 is 2.30 bits per heavy atom. The van der Waals surface area contributed by atoms with Gasteiger partial charge >= 0.3 is 0 Å². The molecule has 0 radical (unpaired) electrons. The third-order valence-corrected chi connectivity index (χ3v) is 5.32. The molecule has 1 fully saturated rings. The first-order chi connectivity index (χ1) is 9.46. The third-order valence-electron chi connectivity index (χ3n) is 3.79. The van der Waals surface area contributed by atoms with Crippen LogP contribution in [0.3, 0.4) is 0 Å². The minimum Gasteiger partial charge on any atom is -0.464 e. The van der Waals surface area contributed by atoms with E-state index < -0.39 is 10.0 Å². The Hall–Kier alpha value is -0.890. The van der Waals surface area contributed by atoms with E-state index in [0.717, 1.165) is 26.1 Å². The average Bonchev–Trinajstić information content (AvgIpc) is 3.02. The SMILES string of the molecule is CCN1CCC(CNS(=O)(=O)c2cc(CN)oc2C)C1. The smallest absolute Gasteiger partial charge is 0.244 e. The van der Waals surface area contributed by atoms with Crippen molar-refractivity contribution in [1.29, 1.82) is 0 Å². The summed E-state index contributed by atoms with van der Waals surface area (Å²) in [7, 11) is -3.51. The Morgan fingerprint density at radius 3 is 2.85 bits per heavy atom. The van der Waals surface area contributed by atoms with E-state index in [0.29, 0.717) is 24.0 Å². The molecule has 0 aliphatic carbocycles. The first kappa shape index (κ1) is 15.5. The maximum atomic E-state index is 12.3. The molecule has 6 nitrogen and oxygen atoms in total. The zero-order valence-electron chi connectivity index (χ0n) is 12.1. The summed E-state index contributed by atoms with van der Waals surface area (Å²) in [5.41, 5.74) is 5.46. The number of rotatable bonds is 6. The van der Waals surface area contributed by atoms with Crippen LogP contribution in [-0.2, 0) is 16.6 Å². The summed E-state index contributed by atoms with van der Waals surface area (Å²) in [5, 5.41) is 0. The lowest BCUT2D eigenvalue weighted by Crippen LogP contribution is -2.31. The van der Waals surface area contributed by atoms with Crippen molar-refractivity contribution in [3.05, 3.63) is 17.6 Å². The van der Waals surface area contributed by atoms with Crippen LogP contribution in [0.5, 0.6) is 0 Å². The molecular formula is C13H23N3O3S. The van der Waals surface area contributed by atoms with Gasteiger partial charge in [-0.05, 0) is 32.4 Å². The molecule has 1 aliphatic heterocycles. The van der Waals surface area contributed by atoms with E-state index in [-0.39, 0.29) is 11.4 Å². The quantitative estimate of drug-likeness (QED) is 0.806. The van der Waals surface area contributed by atoms with Crippen LogP contribution in [0.15, 0.2) is 15.4 Å². The van der Waals surface area contributed by atoms with Crippen molar-refractivity contribution in [1.82, 2.24) is 9.62 Å². The summed E-state index contributed by atoms with van der Waals surface area (Å²) < 4.78 is 32.5. The van der Waals surface area contributed by atoms with Crippen LogP contribution in [0.25, 0.3) is 0 Å². The minimum atomic E-state index is -3.51. The fourth-order valence-electron chi connectivity index (χ4n) is 2.56. The largest absolute Gasteiger partial charge is 0.464 e. The summed E-state index contributed by atoms with van der Waals surface area (Å²) in [4.78, 5) is 2.53. The topological polar surface area (TPSA) is 88.6 Å². The van der Waals surface area contributed by atoms with Gasteiger partial charge in [-0.2, -0.15) is 0 Å². The van der Waals surface area contributed by atoms with E-state index >= 15 is 0 Å². The van der Waals surface area contributed by atoms with Crippen molar-refractivity contribution in [3.8, 4) is 0 Å². The highest BCUT2D eigenvalue weighted by Gasteiger charge is 2.25. The summed E-state index contributed by atoms with van der Waals surface area (Å²) in [6.45, 7) is 7.45. The average molecular weight is 301 g/mol. The second kappa shape index (κ2) is 6.26. The molecule has 3 N–H and O–H groups in total. The molecule has 1 atom stereocenters. The van der Waals surface area contributed by atoms with E-state index in [1.165, 1.54) is 6.07 Å². The first-order valence-corrected chi connectivity index (χ1v) is 8.46. The molecule has 0 amide bonds. The number of hydrogen-bond donors (Lipinski definition) is 2. The van der Waals surface area contributed by atoms with Crippen molar-refractivity contribution in [2.24, 2.45) is 11.7 Å². The van der Waals surface area contributed by atoms with Crippen LogP contribution >= 0.6 is 0 Å². The highest BCUT2D eigenvalue weighted by Crippen LogP contribution is 2.21. The van der Waals surface area contributed by atoms with Gasteiger partial charge in [-0.3, -0.25) is 0 Å². The van der Waals surface area contributed by atoms with Gasteiger partial charge in [-0.15, -0.1) is 0 Å². The molecule has 1 aromatic rings. The van der Waals surface area contributed by atoms with E-state index in [2.05, 4.69) is 16.5 Å². The molecule has 0 aromatic carbocycles. The number of nitrogens with one attached hydrogen (secondary N) is 1. The maximum Gasteiger partial charge on any atom is 0.244 e. The maximum absolute atomic E-state index is 12.3. The molecule has 1 aromatic heterocycles. The van der Waals surface area contributed by atoms with Crippen LogP contribution in [-0.4, -0.2) is 39.5 Å². The molecule has 0 spiro atoms. The van der Waals surface area contributed by atoms with Crippen molar-refractivity contribution in [2.75, 3.05) is 26.2 Å². The summed E-state index contributed by atoms with van der Waals surface area (Å²) in [6, 6.07) is 1.50. The molecule has 1 saturated heterocycles. The number of furan rings is 1. The van der Waals surface area contributed by atoms with Gasteiger partial charge in [-0.1, -0.05) is 6.92 Å². The van der Waals surface area contributed by atoms with Gasteiger partial charge in [0.25, 0.3) is 0 Å². The second-order valence-electron chi connectivity index (χ2n) is 5.24. The number of sulfonamides is 1. The summed E-state index contributed by atoms with van der Waals surface area (Å²) in [6.07, 6.45) is 1.04. The molecule has 2 heterocycles. The Kier molecular flexibility index (Phi) is 4.85. The number of aryl methyl sites for hydroxylation is 1. The number of likely N-dealkylation sites (tertiary alicyclic amines) is 1. The zero-order valence-corrected chi connectivity index (χ0v) is 12.9. The van der Waals surface area contributed by atoms with Crippen LogP contribution in [0.1, 0.15) is 24.9 Å². The molecule has 7 heteroatoms. The van der Waals surface area contributed by atoms with Crippen LogP contribution < -0.4 is 10.5 Å². The van der Waals surface area contributed by atoms with Gasteiger partial charge in [0.15, 0.2) is 0 Å². The van der Waals surface area contributed by atoms with Gasteiger partial charge in [-0.25, -0.2) is 13.1 Å². The fourth-order valence-corrected chi connectivity index (χ4v) is 3.88. The Balaban J connectivity index is 1.99. The summed E-state index contributed by atoms with van der Waals surface area (Å²) >= 11 is 0. The lowest BCUT2D eigenvalue weighted by Gasteiger charge is -2.13. The van der Waals surface area contributed by atoms with Gasteiger partial charge in [0.2, 0.25) is 10.0 Å². The molecule has 20 heavy (non-hydrogen) atoms. The molecule has 0 bridgehead atoms. The van der Waals surface area contributed by atoms with Gasteiger partial charge in [0, 0.05) is 19.2 Å². The molecule has 0 saturated carbocycles. The predicted molar refractivity (Wildman–Crippen MR) is 76.7 cm³/mol. The molecular weight excluding hydrogens is 278 g/mol. The second-order valence-corrected chi connectivity index (χ2v) is 6.97. The van der Waals surface area contributed by atoms with E-state index in [1.807, 2.05) is 0 Å². The van der Waals surface area contributed by atoms with Crippen molar-refractivity contribution >= 4 is 10.0 Å². The molecule has 1 unspecified atom stereocenters. The highest BCUT2D eigenvalue weighted by atomic mass is 32.2. The van der Waals surface area contributed by atoms with Crippen LogP contribution in [0.4, 0.5) is 0 Å². The van der Waals surface area contributed by atoms with Gasteiger partial charge < -0.3 is 15.1 Å². The normalized spacial score (nSPS) is 20.6.